The second-order valence-corrected chi connectivity index (χ2v) is 5.79. The van der Waals surface area contributed by atoms with E-state index < -0.39 is 18.6 Å². The SMILES string of the molecule is COc1cc(OC)cc(C(=O)N(Cc2ccsc2)CC(F)(F)F)c1. The highest BCUT2D eigenvalue weighted by atomic mass is 32.1. The quantitative estimate of drug-likeness (QED) is 0.783. The maximum Gasteiger partial charge on any atom is 0.406 e. The summed E-state index contributed by atoms with van der Waals surface area (Å²) >= 11 is 1.36. The molecule has 0 atom stereocenters. The van der Waals surface area contributed by atoms with Gasteiger partial charge in [-0.2, -0.15) is 24.5 Å². The summed E-state index contributed by atoms with van der Waals surface area (Å²) in [6, 6.07) is 6.01. The second kappa shape index (κ2) is 7.57. The Morgan fingerprint density at radius 2 is 1.79 bits per heavy atom. The Hall–Kier alpha value is -2.22. The van der Waals surface area contributed by atoms with Crippen LogP contribution in [0.1, 0.15) is 15.9 Å². The molecule has 0 fully saturated rings. The van der Waals surface area contributed by atoms with Crippen molar-refractivity contribution in [3.8, 4) is 11.5 Å². The van der Waals surface area contributed by atoms with E-state index in [1.165, 1.54) is 37.7 Å². The van der Waals surface area contributed by atoms with Crippen LogP contribution in [0.4, 0.5) is 13.2 Å². The van der Waals surface area contributed by atoms with Gasteiger partial charge in [-0.25, -0.2) is 0 Å². The van der Waals surface area contributed by atoms with Crippen molar-refractivity contribution < 1.29 is 27.4 Å². The van der Waals surface area contributed by atoms with Gasteiger partial charge in [-0.05, 0) is 34.5 Å². The first-order chi connectivity index (χ1) is 11.3. The Bertz CT molecular complexity index is 664. The zero-order valence-electron chi connectivity index (χ0n) is 13.1. The number of rotatable bonds is 6. The molecule has 2 aromatic rings. The first-order valence-corrected chi connectivity index (χ1v) is 7.87. The van der Waals surface area contributed by atoms with E-state index >= 15 is 0 Å². The molecule has 0 spiro atoms. The largest absolute Gasteiger partial charge is 0.497 e. The maximum absolute atomic E-state index is 12.9. The smallest absolute Gasteiger partial charge is 0.406 e. The van der Waals surface area contributed by atoms with Gasteiger partial charge in [-0.3, -0.25) is 4.79 Å². The molecule has 0 radical (unpaired) electrons. The number of carbonyl (C=O) groups excluding carboxylic acids is 1. The summed E-state index contributed by atoms with van der Waals surface area (Å²) in [5.41, 5.74) is 0.721. The van der Waals surface area contributed by atoms with Gasteiger partial charge in [0, 0.05) is 18.2 Å². The van der Waals surface area contributed by atoms with Crippen molar-refractivity contribution >= 4 is 17.2 Å². The van der Waals surface area contributed by atoms with Crippen molar-refractivity contribution in [3.63, 3.8) is 0 Å². The van der Waals surface area contributed by atoms with Gasteiger partial charge in [0.05, 0.1) is 14.2 Å². The van der Waals surface area contributed by atoms with Gasteiger partial charge in [0.25, 0.3) is 5.91 Å². The van der Waals surface area contributed by atoms with Crippen LogP contribution < -0.4 is 9.47 Å². The fourth-order valence-corrected chi connectivity index (χ4v) is 2.79. The number of thiophene rings is 1. The van der Waals surface area contributed by atoms with Gasteiger partial charge in [0.2, 0.25) is 0 Å². The molecule has 0 bridgehead atoms. The topological polar surface area (TPSA) is 38.8 Å². The van der Waals surface area contributed by atoms with Gasteiger partial charge < -0.3 is 14.4 Å². The Kier molecular flexibility index (Phi) is 5.71. The number of hydrogen-bond donors (Lipinski definition) is 0. The standard InChI is InChI=1S/C16H16F3NO3S/c1-22-13-5-12(6-14(7-13)23-2)15(21)20(10-16(17,18)19)8-11-3-4-24-9-11/h3-7,9H,8,10H2,1-2H3. The number of amides is 1. The average molecular weight is 359 g/mol. The Labute approximate surface area is 141 Å². The molecule has 130 valence electrons. The molecule has 2 rings (SSSR count). The van der Waals surface area contributed by atoms with E-state index in [2.05, 4.69) is 0 Å². The molecule has 1 aromatic heterocycles. The molecule has 24 heavy (non-hydrogen) atoms. The van der Waals surface area contributed by atoms with E-state index in [1.54, 1.807) is 22.9 Å². The van der Waals surface area contributed by atoms with Crippen LogP contribution in [0.3, 0.4) is 0 Å². The highest BCUT2D eigenvalue weighted by molar-refractivity contribution is 7.07. The molecule has 1 aromatic carbocycles. The predicted molar refractivity (Wildman–Crippen MR) is 84.7 cm³/mol. The second-order valence-electron chi connectivity index (χ2n) is 5.01. The highest BCUT2D eigenvalue weighted by Crippen LogP contribution is 2.26. The summed E-state index contributed by atoms with van der Waals surface area (Å²) in [4.78, 5) is 13.4. The molecule has 8 heteroatoms. The van der Waals surface area contributed by atoms with E-state index in [0.29, 0.717) is 17.1 Å². The van der Waals surface area contributed by atoms with Crippen molar-refractivity contribution in [2.75, 3.05) is 20.8 Å². The van der Waals surface area contributed by atoms with E-state index in [0.717, 1.165) is 4.90 Å². The summed E-state index contributed by atoms with van der Waals surface area (Å²) in [7, 11) is 2.81. The number of benzene rings is 1. The monoisotopic (exact) mass is 359 g/mol. The van der Waals surface area contributed by atoms with Crippen molar-refractivity contribution in [2.24, 2.45) is 0 Å². The molecule has 0 saturated carbocycles. The van der Waals surface area contributed by atoms with E-state index in [4.69, 9.17) is 9.47 Å². The van der Waals surface area contributed by atoms with E-state index in [1.807, 2.05) is 0 Å². The van der Waals surface area contributed by atoms with Crippen LogP contribution in [0.5, 0.6) is 11.5 Å². The number of hydrogen-bond acceptors (Lipinski definition) is 4. The zero-order chi connectivity index (χ0) is 17.7. The predicted octanol–water partition coefficient (Wildman–Crippen LogP) is 3.97. The molecule has 4 nitrogen and oxygen atoms in total. The molecule has 0 unspecified atom stereocenters. The Balaban J connectivity index is 2.32. The number of carbonyl (C=O) groups is 1. The van der Waals surface area contributed by atoms with Crippen molar-refractivity contribution in [3.05, 3.63) is 46.2 Å². The minimum absolute atomic E-state index is 0.0747. The molecule has 1 heterocycles. The molecular weight excluding hydrogens is 343 g/mol. The van der Waals surface area contributed by atoms with Crippen LogP contribution in [-0.2, 0) is 6.54 Å². The van der Waals surface area contributed by atoms with Gasteiger partial charge in [-0.1, -0.05) is 0 Å². The molecule has 0 saturated heterocycles. The molecule has 0 aliphatic rings. The minimum Gasteiger partial charge on any atom is -0.497 e. The number of nitrogens with zero attached hydrogens (tertiary/aromatic N) is 1. The number of ether oxygens (including phenoxy) is 2. The normalized spacial score (nSPS) is 11.2. The number of halogens is 3. The van der Waals surface area contributed by atoms with Crippen molar-refractivity contribution in [1.82, 2.24) is 4.90 Å². The van der Waals surface area contributed by atoms with Gasteiger partial charge in [-0.15, -0.1) is 0 Å². The van der Waals surface area contributed by atoms with Gasteiger partial charge in [0.1, 0.15) is 18.0 Å². The molecule has 0 aliphatic heterocycles. The van der Waals surface area contributed by atoms with Crippen LogP contribution in [0.25, 0.3) is 0 Å². The Morgan fingerprint density at radius 3 is 2.25 bits per heavy atom. The fraction of sp³-hybridized carbons (Fsp3) is 0.312. The lowest BCUT2D eigenvalue weighted by Crippen LogP contribution is -2.38. The number of alkyl halides is 3. The zero-order valence-corrected chi connectivity index (χ0v) is 13.9. The third kappa shape index (κ3) is 4.89. The molecule has 0 aliphatic carbocycles. The van der Waals surface area contributed by atoms with Crippen LogP contribution in [0, 0.1) is 0 Å². The summed E-state index contributed by atoms with van der Waals surface area (Å²) < 4.78 is 48.7. The van der Waals surface area contributed by atoms with E-state index in [9.17, 15) is 18.0 Å². The summed E-state index contributed by atoms with van der Waals surface area (Å²) in [6.07, 6.45) is -4.49. The number of methoxy groups -OCH3 is 2. The average Bonchev–Trinajstić information content (AvgIpc) is 3.04. The first-order valence-electron chi connectivity index (χ1n) is 6.92. The summed E-state index contributed by atoms with van der Waals surface area (Å²) in [6.45, 7) is -1.46. The summed E-state index contributed by atoms with van der Waals surface area (Å²) in [5.74, 6) is -0.0730. The maximum atomic E-state index is 12.9. The van der Waals surface area contributed by atoms with Crippen molar-refractivity contribution in [2.45, 2.75) is 12.7 Å². The lowest BCUT2D eigenvalue weighted by Gasteiger charge is -2.24. The van der Waals surface area contributed by atoms with Gasteiger partial charge >= 0.3 is 6.18 Å². The first kappa shape index (κ1) is 18.1. The highest BCUT2D eigenvalue weighted by Gasteiger charge is 2.33. The fourth-order valence-electron chi connectivity index (χ4n) is 2.13. The Morgan fingerprint density at radius 1 is 1.17 bits per heavy atom. The lowest BCUT2D eigenvalue weighted by molar-refractivity contribution is -0.141. The molecule has 0 N–H and O–H groups in total. The van der Waals surface area contributed by atoms with E-state index in [-0.39, 0.29) is 12.1 Å². The molecular formula is C16H16F3NO3S. The lowest BCUT2D eigenvalue weighted by atomic mass is 10.1. The summed E-state index contributed by atoms with van der Waals surface area (Å²) in [5, 5.41) is 3.46. The van der Waals surface area contributed by atoms with Crippen LogP contribution >= 0.6 is 11.3 Å². The minimum atomic E-state index is -4.49. The van der Waals surface area contributed by atoms with Crippen LogP contribution in [0.2, 0.25) is 0 Å². The molecule has 1 amide bonds. The van der Waals surface area contributed by atoms with Crippen LogP contribution in [0.15, 0.2) is 35.0 Å². The third-order valence-electron chi connectivity index (χ3n) is 3.21. The third-order valence-corrected chi connectivity index (χ3v) is 3.94. The van der Waals surface area contributed by atoms with Crippen molar-refractivity contribution in [1.29, 1.82) is 0 Å². The van der Waals surface area contributed by atoms with Crippen LogP contribution in [-0.4, -0.2) is 37.7 Å². The van der Waals surface area contributed by atoms with Gasteiger partial charge in [0.15, 0.2) is 0 Å².